The normalized spacial score (nSPS) is 12.7. The van der Waals surface area contributed by atoms with Crippen LogP contribution in [0.25, 0.3) is 10.4 Å². The zero-order chi connectivity index (χ0) is 13.1. The van der Waals surface area contributed by atoms with Crippen molar-refractivity contribution >= 4 is 11.3 Å². The van der Waals surface area contributed by atoms with E-state index < -0.39 is 0 Å². The molecule has 1 nitrogen and oxygen atoms in total. The van der Waals surface area contributed by atoms with Crippen LogP contribution in [0.3, 0.4) is 0 Å². The van der Waals surface area contributed by atoms with Crippen molar-refractivity contribution in [2.75, 3.05) is 0 Å². The first-order valence-corrected chi connectivity index (χ1v) is 7.05. The topological polar surface area (TPSA) is 26.0 Å². The van der Waals surface area contributed by atoms with Crippen molar-refractivity contribution in [3.63, 3.8) is 0 Å². The molecule has 0 saturated heterocycles. The minimum absolute atomic E-state index is 0.121. The maximum Gasteiger partial charge on any atom is 0.126 e. The Morgan fingerprint density at radius 1 is 1.28 bits per heavy atom. The fourth-order valence-corrected chi connectivity index (χ4v) is 3.00. The Kier molecular flexibility index (Phi) is 4.15. The summed E-state index contributed by atoms with van der Waals surface area (Å²) in [6, 6.07) is 9.51. The Morgan fingerprint density at radius 3 is 2.72 bits per heavy atom. The molecule has 2 rings (SSSR count). The summed E-state index contributed by atoms with van der Waals surface area (Å²) in [5, 5.41) is 0. The number of hydrogen-bond donors (Lipinski definition) is 1. The van der Waals surface area contributed by atoms with Gasteiger partial charge in [-0.15, -0.1) is 11.3 Å². The molecule has 0 fully saturated rings. The van der Waals surface area contributed by atoms with E-state index in [0.29, 0.717) is 5.56 Å². The summed E-state index contributed by atoms with van der Waals surface area (Å²) in [7, 11) is 0. The lowest BCUT2D eigenvalue weighted by molar-refractivity contribution is 0.619. The Balaban J connectivity index is 2.26. The third-order valence-corrected chi connectivity index (χ3v) is 4.30. The lowest BCUT2D eigenvalue weighted by Gasteiger charge is -2.06. The molecular weight excluding hydrogens is 245 g/mol. The average Bonchev–Trinajstić information content (AvgIpc) is 2.82. The van der Waals surface area contributed by atoms with Crippen LogP contribution in [-0.2, 0) is 0 Å². The Morgan fingerprint density at radius 2 is 2.06 bits per heavy atom. The molecule has 0 aliphatic carbocycles. The van der Waals surface area contributed by atoms with Gasteiger partial charge in [-0.25, -0.2) is 4.39 Å². The van der Waals surface area contributed by atoms with Crippen molar-refractivity contribution < 1.29 is 4.39 Å². The van der Waals surface area contributed by atoms with Crippen molar-refractivity contribution in [1.82, 2.24) is 0 Å². The monoisotopic (exact) mass is 263 g/mol. The van der Waals surface area contributed by atoms with E-state index in [1.54, 1.807) is 18.3 Å². The zero-order valence-electron chi connectivity index (χ0n) is 10.7. The van der Waals surface area contributed by atoms with Gasteiger partial charge < -0.3 is 5.73 Å². The number of nitrogens with two attached hydrogens (primary N) is 1. The predicted octanol–water partition coefficient (Wildman–Crippen LogP) is 4.66. The van der Waals surface area contributed by atoms with Crippen LogP contribution in [0.15, 0.2) is 30.3 Å². The maximum atomic E-state index is 13.2. The van der Waals surface area contributed by atoms with E-state index in [0.717, 1.165) is 23.3 Å². The van der Waals surface area contributed by atoms with Crippen LogP contribution in [0.1, 0.15) is 36.2 Å². The third-order valence-electron chi connectivity index (χ3n) is 3.03. The molecule has 0 aliphatic heterocycles. The predicted molar refractivity (Wildman–Crippen MR) is 76.3 cm³/mol. The van der Waals surface area contributed by atoms with Crippen molar-refractivity contribution in [2.45, 2.75) is 32.7 Å². The standard InChI is InChI=1S/C15H18FNS/c1-3-4-13(17)15-8-7-14(18-15)11-5-6-12(16)10(2)9-11/h5-9,13H,3-4,17H2,1-2H3. The molecule has 1 heterocycles. The number of rotatable bonds is 4. The molecule has 0 bridgehead atoms. The van der Waals surface area contributed by atoms with E-state index in [2.05, 4.69) is 19.1 Å². The van der Waals surface area contributed by atoms with Crippen LogP contribution >= 0.6 is 11.3 Å². The SMILES string of the molecule is CCCC(N)c1ccc(-c2ccc(F)c(C)c2)s1. The van der Waals surface area contributed by atoms with Crippen molar-refractivity contribution in [1.29, 1.82) is 0 Å². The largest absolute Gasteiger partial charge is 0.323 e. The van der Waals surface area contributed by atoms with Crippen LogP contribution < -0.4 is 5.73 Å². The maximum absolute atomic E-state index is 13.2. The van der Waals surface area contributed by atoms with Gasteiger partial charge in [-0.1, -0.05) is 19.4 Å². The fraction of sp³-hybridized carbons (Fsp3) is 0.333. The van der Waals surface area contributed by atoms with Crippen LogP contribution in [0.4, 0.5) is 4.39 Å². The van der Waals surface area contributed by atoms with Crippen LogP contribution in [-0.4, -0.2) is 0 Å². The number of benzene rings is 1. The van der Waals surface area contributed by atoms with E-state index in [9.17, 15) is 4.39 Å². The van der Waals surface area contributed by atoms with E-state index in [1.807, 2.05) is 12.1 Å². The highest BCUT2D eigenvalue weighted by molar-refractivity contribution is 7.15. The minimum Gasteiger partial charge on any atom is -0.323 e. The molecule has 96 valence electrons. The first kappa shape index (κ1) is 13.2. The summed E-state index contributed by atoms with van der Waals surface area (Å²) in [6.45, 7) is 3.92. The molecule has 1 atom stereocenters. The molecule has 2 aromatic rings. The Labute approximate surface area is 111 Å². The summed E-state index contributed by atoms with van der Waals surface area (Å²) < 4.78 is 13.2. The summed E-state index contributed by atoms with van der Waals surface area (Å²) in [4.78, 5) is 2.36. The number of halogens is 1. The highest BCUT2D eigenvalue weighted by atomic mass is 32.1. The number of aryl methyl sites for hydroxylation is 1. The highest BCUT2D eigenvalue weighted by Gasteiger charge is 2.10. The summed E-state index contributed by atoms with van der Waals surface area (Å²) in [6.07, 6.45) is 2.09. The number of thiophene rings is 1. The fourth-order valence-electron chi connectivity index (χ4n) is 1.96. The van der Waals surface area contributed by atoms with Gasteiger partial charge in [-0.3, -0.25) is 0 Å². The van der Waals surface area contributed by atoms with Crippen LogP contribution in [0.5, 0.6) is 0 Å². The quantitative estimate of drug-likeness (QED) is 0.852. The third kappa shape index (κ3) is 2.79. The van der Waals surface area contributed by atoms with Gasteiger partial charge in [-0.05, 0) is 48.7 Å². The van der Waals surface area contributed by atoms with Gasteiger partial charge >= 0.3 is 0 Å². The lowest BCUT2D eigenvalue weighted by Crippen LogP contribution is -2.07. The van der Waals surface area contributed by atoms with Gasteiger partial charge in [0.1, 0.15) is 5.82 Å². The van der Waals surface area contributed by atoms with E-state index in [1.165, 1.54) is 10.9 Å². The van der Waals surface area contributed by atoms with Crippen LogP contribution in [0.2, 0.25) is 0 Å². The lowest BCUT2D eigenvalue weighted by atomic mass is 10.1. The molecular formula is C15H18FNS. The second kappa shape index (κ2) is 5.63. The van der Waals surface area contributed by atoms with E-state index in [-0.39, 0.29) is 11.9 Å². The molecule has 0 spiro atoms. The van der Waals surface area contributed by atoms with Crippen LogP contribution in [0, 0.1) is 12.7 Å². The van der Waals surface area contributed by atoms with E-state index in [4.69, 9.17) is 5.73 Å². The van der Waals surface area contributed by atoms with Gasteiger partial charge in [0.25, 0.3) is 0 Å². The zero-order valence-corrected chi connectivity index (χ0v) is 11.6. The second-order valence-corrected chi connectivity index (χ2v) is 5.68. The highest BCUT2D eigenvalue weighted by Crippen LogP contribution is 2.32. The summed E-state index contributed by atoms with van der Waals surface area (Å²) in [5.41, 5.74) is 7.85. The Hall–Kier alpha value is -1.19. The summed E-state index contributed by atoms with van der Waals surface area (Å²) in [5.74, 6) is -0.154. The van der Waals surface area contributed by atoms with Gasteiger partial charge in [0.05, 0.1) is 0 Å². The van der Waals surface area contributed by atoms with Gasteiger partial charge in [-0.2, -0.15) is 0 Å². The van der Waals surface area contributed by atoms with Gasteiger partial charge in [0.15, 0.2) is 0 Å². The Bertz CT molecular complexity index is 533. The van der Waals surface area contributed by atoms with Gasteiger partial charge in [0.2, 0.25) is 0 Å². The van der Waals surface area contributed by atoms with Crippen molar-refractivity contribution in [3.8, 4) is 10.4 Å². The molecule has 0 aliphatic rings. The first-order valence-electron chi connectivity index (χ1n) is 6.23. The smallest absolute Gasteiger partial charge is 0.126 e. The first-order chi connectivity index (χ1) is 8.61. The second-order valence-electron chi connectivity index (χ2n) is 4.56. The molecule has 3 heteroatoms. The molecule has 1 unspecified atom stereocenters. The molecule has 18 heavy (non-hydrogen) atoms. The van der Waals surface area contributed by atoms with E-state index >= 15 is 0 Å². The molecule has 1 aromatic heterocycles. The molecule has 2 N–H and O–H groups in total. The molecule has 0 amide bonds. The molecule has 0 saturated carbocycles. The molecule has 1 aromatic carbocycles. The van der Waals surface area contributed by atoms with Gasteiger partial charge in [0, 0.05) is 15.8 Å². The number of hydrogen-bond acceptors (Lipinski definition) is 2. The van der Waals surface area contributed by atoms with Crippen molar-refractivity contribution in [2.24, 2.45) is 5.73 Å². The molecule has 0 radical (unpaired) electrons. The minimum atomic E-state index is -0.154. The average molecular weight is 263 g/mol. The van der Waals surface area contributed by atoms with Crippen molar-refractivity contribution in [3.05, 3.63) is 46.6 Å². The summed E-state index contributed by atoms with van der Waals surface area (Å²) >= 11 is 1.70.